The van der Waals surface area contributed by atoms with Gasteiger partial charge in [0, 0.05) is 35.9 Å². The number of anilines is 2. The second-order valence-electron chi connectivity index (χ2n) is 11.9. The first kappa shape index (κ1) is 26.4. The van der Waals surface area contributed by atoms with Gasteiger partial charge in [-0.1, -0.05) is 6.07 Å². The Morgan fingerprint density at radius 3 is 2.86 bits per heavy atom. The highest BCUT2D eigenvalue weighted by Crippen LogP contribution is 2.42. The summed E-state index contributed by atoms with van der Waals surface area (Å²) < 4.78 is 32.8. The molecule has 6 heterocycles. The number of hydrogen-bond acceptors (Lipinski definition) is 8. The Kier molecular flexibility index (Phi) is 6.16. The molecule has 0 saturated carbocycles. The van der Waals surface area contributed by atoms with E-state index in [1.807, 2.05) is 18.2 Å². The van der Waals surface area contributed by atoms with Crippen molar-refractivity contribution in [3.63, 3.8) is 0 Å². The molecule has 10 nitrogen and oxygen atoms in total. The van der Waals surface area contributed by atoms with Crippen molar-refractivity contribution in [2.24, 2.45) is 5.92 Å². The van der Waals surface area contributed by atoms with Crippen LogP contribution < -0.4 is 10.1 Å². The largest absolute Gasteiger partial charge is 0.477 e. The molecule has 216 valence electrons. The van der Waals surface area contributed by atoms with Crippen molar-refractivity contribution in [1.29, 1.82) is 0 Å². The maximum atomic E-state index is 13.9. The van der Waals surface area contributed by atoms with Crippen molar-refractivity contribution in [3.05, 3.63) is 71.3 Å². The number of ether oxygens (including phenoxy) is 3. The molecule has 2 unspecified atom stereocenters. The normalized spacial score (nSPS) is 19.6. The zero-order valence-corrected chi connectivity index (χ0v) is 23.5. The number of imidazole rings is 1. The summed E-state index contributed by atoms with van der Waals surface area (Å²) in [7, 11) is 0. The summed E-state index contributed by atoms with van der Waals surface area (Å²) in [5, 5.41) is 3.29. The molecule has 1 N–H and O–H groups in total. The van der Waals surface area contributed by atoms with Gasteiger partial charge in [-0.3, -0.25) is 9.20 Å². The third-order valence-electron chi connectivity index (χ3n) is 7.91. The molecule has 11 heteroatoms. The maximum Gasteiger partial charge on any atom is 0.417 e. The lowest BCUT2D eigenvalue weighted by molar-refractivity contribution is 0.00920. The number of pyridine rings is 2. The Hall–Kier alpha value is -4.51. The van der Waals surface area contributed by atoms with Crippen molar-refractivity contribution >= 4 is 29.2 Å². The number of rotatable bonds is 3. The quantitative estimate of drug-likeness (QED) is 0.335. The van der Waals surface area contributed by atoms with E-state index in [0.29, 0.717) is 70.5 Å². The van der Waals surface area contributed by atoms with Crippen LogP contribution in [0.25, 0.3) is 16.9 Å². The standard InChI is InChI=1S/C31H30FN5O5/c1-31(2,3)42-30(39)37-14-22-20(24-13-33-26-12-18(32)8-10-36(24)26)4-6-23(27(22)29(37)38)34-25-7-5-21-19-9-11-40-15-17(19)16-41-28(21)35-25/h4-8,10,12-13,17,19H,9,11,14-16H2,1-3H3,(H,34,35). The molecule has 3 aliphatic heterocycles. The Labute approximate surface area is 241 Å². The fourth-order valence-electron chi connectivity index (χ4n) is 6.00. The van der Waals surface area contributed by atoms with Crippen LogP contribution >= 0.6 is 0 Å². The van der Waals surface area contributed by atoms with Crippen molar-refractivity contribution in [2.75, 3.05) is 25.1 Å². The van der Waals surface area contributed by atoms with Crippen LogP contribution in [0.5, 0.6) is 5.88 Å². The Balaban J connectivity index is 1.28. The van der Waals surface area contributed by atoms with E-state index in [1.54, 1.807) is 43.6 Å². The third-order valence-corrected chi connectivity index (χ3v) is 7.91. The highest BCUT2D eigenvalue weighted by Gasteiger charge is 2.39. The average Bonchev–Trinajstić information content (AvgIpc) is 3.53. The van der Waals surface area contributed by atoms with Crippen LogP contribution in [-0.4, -0.2) is 56.7 Å². The molecule has 2 amide bonds. The van der Waals surface area contributed by atoms with E-state index in [-0.39, 0.29) is 6.54 Å². The van der Waals surface area contributed by atoms with Gasteiger partial charge in [0.25, 0.3) is 5.91 Å². The number of nitrogens with one attached hydrogen (secondary N) is 1. The van der Waals surface area contributed by atoms with E-state index in [9.17, 15) is 14.0 Å². The number of benzene rings is 1. The van der Waals surface area contributed by atoms with Crippen molar-refractivity contribution in [2.45, 2.75) is 45.3 Å². The number of amides is 2. The van der Waals surface area contributed by atoms with E-state index in [2.05, 4.69) is 10.3 Å². The summed E-state index contributed by atoms with van der Waals surface area (Å²) in [5.41, 5.74) is 3.53. The Morgan fingerprint density at radius 2 is 2.02 bits per heavy atom. The van der Waals surface area contributed by atoms with Crippen LogP contribution in [0.3, 0.4) is 0 Å². The molecule has 7 rings (SSSR count). The molecule has 0 spiro atoms. The molecule has 42 heavy (non-hydrogen) atoms. The van der Waals surface area contributed by atoms with Gasteiger partial charge >= 0.3 is 6.09 Å². The number of aromatic nitrogens is 3. The van der Waals surface area contributed by atoms with Gasteiger partial charge in [0.1, 0.15) is 22.9 Å². The van der Waals surface area contributed by atoms with Crippen LogP contribution in [0.1, 0.15) is 54.6 Å². The minimum atomic E-state index is -0.779. The highest BCUT2D eigenvalue weighted by molar-refractivity contribution is 6.11. The molecule has 3 aliphatic rings. The van der Waals surface area contributed by atoms with Crippen LogP contribution in [0.2, 0.25) is 0 Å². The van der Waals surface area contributed by atoms with Crippen molar-refractivity contribution in [3.8, 4) is 17.1 Å². The summed E-state index contributed by atoms with van der Waals surface area (Å²) in [6, 6.07) is 10.2. The molecule has 3 aromatic heterocycles. The van der Waals surface area contributed by atoms with Gasteiger partial charge in [-0.05, 0) is 62.9 Å². The summed E-state index contributed by atoms with van der Waals surface area (Å²) >= 11 is 0. The molecular weight excluding hydrogens is 541 g/mol. The zero-order chi connectivity index (χ0) is 29.2. The number of halogens is 1. The van der Waals surface area contributed by atoms with Crippen LogP contribution in [0.4, 0.5) is 20.7 Å². The van der Waals surface area contributed by atoms with Crippen LogP contribution in [0.15, 0.2) is 48.8 Å². The molecule has 1 fully saturated rings. The number of carbonyl (C=O) groups is 2. The minimum Gasteiger partial charge on any atom is -0.477 e. The zero-order valence-electron chi connectivity index (χ0n) is 23.5. The lowest BCUT2D eigenvalue weighted by Crippen LogP contribution is -2.37. The molecule has 1 aromatic carbocycles. The lowest BCUT2D eigenvalue weighted by Gasteiger charge is -2.36. The van der Waals surface area contributed by atoms with Crippen LogP contribution in [-0.2, 0) is 16.0 Å². The minimum absolute atomic E-state index is 0.00816. The highest BCUT2D eigenvalue weighted by atomic mass is 19.1. The number of fused-ring (bicyclic) bond motifs is 5. The van der Waals surface area contributed by atoms with E-state index in [4.69, 9.17) is 19.2 Å². The van der Waals surface area contributed by atoms with Gasteiger partial charge in [0.15, 0.2) is 0 Å². The van der Waals surface area contributed by atoms with Crippen molar-refractivity contribution in [1.82, 2.24) is 19.3 Å². The first-order valence-electron chi connectivity index (χ1n) is 14.0. The van der Waals surface area contributed by atoms with Crippen molar-refractivity contribution < 1.29 is 28.2 Å². The summed E-state index contributed by atoms with van der Waals surface area (Å²) in [5.74, 6) is 0.872. The van der Waals surface area contributed by atoms with Gasteiger partial charge in [-0.2, -0.15) is 4.98 Å². The van der Waals surface area contributed by atoms with Gasteiger partial charge in [-0.15, -0.1) is 0 Å². The lowest BCUT2D eigenvalue weighted by atomic mass is 9.82. The van der Waals surface area contributed by atoms with E-state index < -0.39 is 23.4 Å². The van der Waals surface area contributed by atoms with Gasteiger partial charge in [-0.25, -0.2) is 19.1 Å². The Morgan fingerprint density at radius 1 is 1.17 bits per heavy atom. The molecule has 4 aromatic rings. The molecule has 0 aliphatic carbocycles. The fraction of sp³-hybridized carbons (Fsp3) is 0.355. The third kappa shape index (κ3) is 4.53. The predicted octanol–water partition coefficient (Wildman–Crippen LogP) is 5.68. The molecule has 2 atom stereocenters. The van der Waals surface area contributed by atoms with Gasteiger partial charge < -0.3 is 19.5 Å². The topological polar surface area (TPSA) is 107 Å². The monoisotopic (exact) mass is 571 g/mol. The first-order chi connectivity index (χ1) is 20.2. The molecule has 0 radical (unpaired) electrons. The molecule has 0 bridgehead atoms. The fourth-order valence-corrected chi connectivity index (χ4v) is 6.00. The SMILES string of the molecule is CC(C)(C)OC(=O)N1Cc2c(-c3cnc4cc(F)ccn34)ccc(Nc3ccc4c(n3)OCC3COCCC43)c2C1=O. The first-order valence-corrected chi connectivity index (χ1v) is 14.0. The van der Waals surface area contributed by atoms with Crippen LogP contribution in [0, 0.1) is 11.7 Å². The molecular formula is C31H30FN5O5. The number of carbonyl (C=O) groups excluding carboxylic acids is 2. The number of hydrogen-bond donors (Lipinski definition) is 1. The molecule has 1 saturated heterocycles. The van der Waals surface area contributed by atoms with Gasteiger partial charge in [0.05, 0.1) is 42.9 Å². The second-order valence-corrected chi connectivity index (χ2v) is 11.9. The average molecular weight is 572 g/mol. The summed E-state index contributed by atoms with van der Waals surface area (Å²) in [6.07, 6.45) is 3.42. The number of imide groups is 1. The van der Waals surface area contributed by atoms with E-state index in [0.717, 1.165) is 23.5 Å². The Bertz CT molecular complexity index is 1750. The second kappa shape index (κ2) is 9.80. The summed E-state index contributed by atoms with van der Waals surface area (Å²) in [6.45, 7) is 7.21. The van der Waals surface area contributed by atoms with E-state index >= 15 is 0 Å². The maximum absolute atomic E-state index is 13.9. The van der Waals surface area contributed by atoms with Gasteiger partial charge in [0.2, 0.25) is 5.88 Å². The van der Waals surface area contributed by atoms with E-state index in [1.165, 1.54) is 12.1 Å². The summed E-state index contributed by atoms with van der Waals surface area (Å²) in [4.78, 5) is 37.1. The predicted molar refractivity (Wildman–Crippen MR) is 151 cm³/mol. The number of nitrogens with zero attached hydrogens (tertiary/aromatic N) is 4. The smallest absolute Gasteiger partial charge is 0.417 e.